The van der Waals surface area contributed by atoms with Gasteiger partial charge in [0, 0.05) is 22.3 Å². The van der Waals surface area contributed by atoms with E-state index in [2.05, 4.69) is 6.08 Å². The van der Waals surface area contributed by atoms with Gasteiger partial charge in [0.15, 0.2) is 11.6 Å². The van der Waals surface area contributed by atoms with Crippen LogP contribution in [0.1, 0.15) is 67.2 Å². The Hall–Kier alpha value is -1.48. The Morgan fingerprint density at radius 1 is 1.00 bits per heavy atom. The number of rotatable bonds is 6. The van der Waals surface area contributed by atoms with E-state index in [0.29, 0.717) is 41.6 Å². The lowest BCUT2D eigenvalue weighted by molar-refractivity contribution is -0.116. The molecule has 1 atom stereocenters. The van der Waals surface area contributed by atoms with Gasteiger partial charge in [0.1, 0.15) is 0 Å². The average molecular weight is 304 g/mol. The molecule has 122 valence electrons. The van der Waals surface area contributed by atoms with E-state index < -0.39 is 5.60 Å². The van der Waals surface area contributed by atoms with E-state index in [0.717, 1.165) is 6.42 Å². The Morgan fingerprint density at radius 3 is 2.09 bits per heavy atom. The van der Waals surface area contributed by atoms with Crippen LogP contribution in [0.2, 0.25) is 0 Å². The number of carbonyl (C=O) groups excluding carboxylic acids is 2. The van der Waals surface area contributed by atoms with Gasteiger partial charge in [-0.1, -0.05) is 11.6 Å². The van der Waals surface area contributed by atoms with Gasteiger partial charge in [-0.2, -0.15) is 0 Å². The zero-order chi connectivity index (χ0) is 17.1. The van der Waals surface area contributed by atoms with E-state index in [4.69, 9.17) is 0 Å². The van der Waals surface area contributed by atoms with E-state index >= 15 is 0 Å². The summed E-state index contributed by atoms with van der Waals surface area (Å²) in [5.41, 5.74) is 2.59. The fourth-order valence-electron chi connectivity index (χ4n) is 2.65. The third-order valence-electron chi connectivity index (χ3n) is 4.46. The van der Waals surface area contributed by atoms with Crippen LogP contribution in [0.4, 0.5) is 0 Å². The molecule has 0 aromatic heterocycles. The summed E-state index contributed by atoms with van der Waals surface area (Å²) in [7, 11) is 0. The van der Waals surface area contributed by atoms with Gasteiger partial charge in [0.05, 0.1) is 5.60 Å². The molecular weight excluding hydrogens is 276 g/mol. The third-order valence-corrected chi connectivity index (χ3v) is 4.46. The van der Waals surface area contributed by atoms with E-state index in [-0.39, 0.29) is 11.6 Å². The summed E-state index contributed by atoms with van der Waals surface area (Å²) in [6.45, 7) is 11.0. The number of hydrogen-bond donors (Lipinski definition) is 1. The van der Waals surface area contributed by atoms with Crippen molar-refractivity contribution in [3.63, 3.8) is 0 Å². The maximum absolute atomic E-state index is 12.4. The fraction of sp³-hybridized carbons (Fsp3) is 0.579. The molecule has 1 rings (SSSR count). The topological polar surface area (TPSA) is 54.4 Å². The van der Waals surface area contributed by atoms with E-state index in [1.165, 1.54) is 5.57 Å². The molecule has 0 aliphatic heterocycles. The fourth-order valence-corrected chi connectivity index (χ4v) is 2.65. The van der Waals surface area contributed by atoms with Crippen molar-refractivity contribution in [1.29, 1.82) is 0 Å². The molecule has 0 saturated carbocycles. The zero-order valence-electron chi connectivity index (χ0n) is 14.7. The SMILES string of the molecule is CC(C)=CCC[C@@](C)(O)CCC1=C(C)C(=O)C(C)=C(C)C1=O. The highest BCUT2D eigenvalue weighted by molar-refractivity contribution is 6.24. The molecule has 0 heterocycles. The molecular formula is C19H28O3. The molecule has 0 aromatic rings. The number of aliphatic hydroxyl groups is 1. The van der Waals surface area contributed by atoms with Crippen molar-refractivity contribution in [2.75, 3.05) is 0 Å². The van der Waals surface area contributed by atoms with Crippen molar-refractivity contribution in [3.8, 4) is 0 Å². The average Bonchev–Trinajstić information content (AvgIpc) is 2.42. The second kappa shape index (κ2) is 7.19. The maximum atomic E-state index is 12.4. The molecule has 0 spiro atoms. The predicted molar refractivity (Wildman–Crippen MR) is 89.6 cm³/mol. The number of ketones is 2. The highest BCUT2D eigenvalue weighted by atomic mass is 16.3. The first kappa shape index (κ1) is 18.6. The second-order valence-electron chi connectivity index (χ2n) is 6.83. The summed E-state index contributed by atoms with van der Waals surface area (Å²) in [5.74, 6) is -0.0917. The molecule has 3 heteroatoms. The highest BCUT2D eigenvalue weighted by Gasteiger charge is 2.29. The first-order valence-corrected chi connectivity index (χ1v) is 7.89. The van der Waals surface area contributed by atoms with Crippen molar-refractivity contribution in [2.45, 2.75) is 72.8 Å². The van der Waals surface area contributed by atoms with Crippen molar-refractivity contribution >= 4 is 11.6 Å². The highest BCUT2D eigenvalue weighted by Crippen LogP contribution is 2.30. The van der Waals surface area contributed by atoms with Gasteiger partial charge in [-0.15, -0.1) is 0 Å². The minimum Gasteiger partial charge on any atom is -0.390 e. The molecule has 0 saturated heterocycles. The van der Waals surface area contributed by atoms with Gasteiger partial charge in [-0.3, -0.25) is 9.59 Å². The predicted octanol–water partition coefficient (Wildman–Crippen LogP) is 4.07. The van der Waals surface area contributed by atoms with Crippen LogP contribution in [-0.4, -0.2) is 22.3 Å². The van der Waals surface area contributed by atoms with Crippen LogP contribution >= 0.6 is 0 Å². The lowest BCUT2D eigenvalue weighted by Crippen LogP contribution is -2.26. The zero-order valence-corrected chi connectivity index (χ0v) is 14.7. The van der Waals surface area contributed by atoms with Gasteiger partial charge in [0.2, 0.25) is 0 Å². The van der Waals surface area contributed by atoms with Crippen LogP contribution in [0, 0.1) is 0 Å². The largest absolute Gasteiger partial charge is 0.390 e. The molecule has 0 unspecified atom stereocenters. The standard InChI is InChI=1S/C19H28O3/c1-12(2)8-7-10-19(6,22)11-9-16-15(5)17(20)13(3)14(4)18(16)21/h8,22H,7,9-11H2,1-6H3/t19-/m1/s1. The van der Waals surface area contributed by atoms with Crippen molar-refractivity contribution in [1.82, 2.24) is 0 Å². The molecule has 0 radical (unpaired) electrons. The number of allylic oxidation sites excluding steroid dienone is 6. The van der Waals surface area contributed by atoms with Crippen LogP contribution in [0.3, 0.4) is 0 Å². The normalized spacial score (nSPS) is 18.7. The molecule has 1 N–H and O–H groups in total. The Kier molecular flexibility index (Phi) is 6.07. The minimum atomic E-state index is -0.827. The summed E-state index contributed by atoms with van der Waals surface area (Å²) < 4.78 is 0. The summed E-state index contributed by atoms with van der Waals surface area (Å²) in [4.78, 5) is 24.5. The van der Waals surface area contributed by atoms with Crippen LogP contribution in [0.25, 0.3) is 0 Å². The minimum absolute atomic E-state index is 0.0451. The smallest absolute Gasteiger partial charge is 0.185 e. The molecule has 0 bridgehead atoms. The van der Waals surface area contributed by atoms with Crippen LogP contribution < -0.4 is 0 Å². The number of Topliss-reactive ketones (excluding diaryl/α,β-unsaturated/α-hetero) is 2. The van der Waals surface area contributed by atoms with Gasteiger partial charge in [0.25, 0.3) is 0 Å². The quantitative estimate of drug-likeness (QED) is 0.594. The molecule has 0 aromatic carbocycles. The molecule has 22 heavy (non-hydrogen) atoms. The summed E-state index contributed by atoms with van der Waals surface area (Å²) in [6, 6.07) is 0. The first-order chi connectivity index (χ1) is 10.1. The van der Waals surface area contributed by atoms with E-state index in [1.54, 1.807) is 27.7 Å². The van der Waals surface area contributed by atoms with Gasteiger partial charge in [-0.05, 0) is 67.2 Å². The van der Waals surface area contributed by atoms with Gasteiger partial charge in [-0.25, -0.2) is 0 Å². The third kappa shape index (κ3) is 4.51. The lowest BCUT2D eigenvalue weighted by atomic mass is 9.82. The number of carbonyl (C=O) groups is 2. The summed E-state index contributed by atoms with van der Waals surface area (Å²) >= 11 is 0. The van der Waals surface area contributed by atoms with Crippen LogP contribution in [0.5, 0.6) is 0 Å². The molecule has 1 aliphatic rings. The van der Waals surface area contributed by atoms with Crippen LogP contribution in [0.15, 0.2) is 33.9 Å². The van der Waals surface area contributed by atoms with Gasteiger partial charge >= 0.3 is 0 Å². The van der Waals surface area contributed by atoms with Gasteiger partial charge < -0.3 is 5.11 Å². The van der Waals surface area contributed by atoms with Crippen molar-refractivity contribution < 1.29 is 14.7 Å². The summed E-state index contributed by atoms with van der Waals surface area (Å²) in [6.07, 6.45) is 4.51. The number of hydrogen-bond acceptors (Lipinski definition) is 3. The molecule has 3 nitrogen and oxygen atoms in total. The summed E-state index contributed by atoms with van der Waals surface area (Å²) in [5, 5.41) is 10.5. The first-order valence-electron chi connectivity index (χ1n) is 7.89. The molecule has 1 aliphatic carbocycles. The van der Waals surface area contributed by atoms with Crippen LogP contribution in [-0.2, 0) is 9.59 Å². The van der Waals surface area contributed by atoms with E-state index in [9.17, 15) is 14.7 Å². The van der Waals surface area contributed by atoms with Crippen molar-refractivity contribution in [2.24, 2.45) is 0 Å². The van der Waals surface area contributed by atoms with E-state index in [1.807, 2.05) is 13.8 Å². The monoisotopic (exact) mass is 304 g/mol. The Labute approximate surface area is 133 Å². The lowest BCUT2D eigenvalue weighted by Gasteiger charge is -2.25. The Morgan fingerprint density at radius 2 is 1.55 bits per heavy atom. The molecule has 0 fully saturated rings. The van der Waals surface area contributed by atoms with Crippen molar-refractivity contribution in [3.05, 3.63) is 33.9 Å². The Bertz CT molecular complexity index is 567. The molecule has 0 amide bonds. The Balaban J connectivity index is 2.77. The maximum Gasteiger partial charge on any atom is 0.185 e. The second-order valence-corrected chi connectivity index (χ2v) is 6.83.